The molecule has 1 aliphatic rings. The fourth-order valence-corrected chi connectivity index (χ4v) is 2.73. The first-order chi connectivity index (χ1) is 11.0. The van der Waals surface area contributed by atoms with Crippen molar-refractivity contribution in [3.05, 3.63) is 29.8 Å². The number of carbonyl (C=O) groups is 2. The monoisotopic (exact) mass is 353 g/mol. The zero-order valence-corrected chi connectivity index (χ0v) is 15.3. The summed E-state index contributed by atoms with van der Waals surface area (Å²) in [5.74, 6) is 0.194. The Morgan fingerprint density at radius 2 is 2.12 bits per heavy atom. The Morgan fingerprint density at radius 3 is 2.79 bits per heavy atom. The zero-order valence-electron chi connectivity index (χ0n) is 14.5. The van der Waals surface area contributed by atoms with Crippen molar-refractivity contribution >= 4 is 29.9 Å². The van der Waals surface area contributed by atoms with E-state index in [0.29, 0.717) is 13.0 Å². The third-order valence-corrected chi connectivity index (χ3v) is 4.55. The van der Waals surface area contributed by atoms with E-state index in [4.69, 9.17) is 5.73 Å². The van der Waals surface area contributed by atoms with E-state index >= 15 is 0 Å². The summed E-state index contributed by atoms with van der Waals surface area (Å²) < 4.78 is 0. The summed E-state index contributed by atoms with van der Waals surface area (Å²) in [6, 6.07) is 7.14. The van der Waals surface area contributed by atoms with E-state index < -0.39 is 6.04 Å². The highest BCUT2D eigenvalue weighted by molar-refractivity contribution is 5.94. The molecule has 0 bridgehead atoms. The van der Waals surface area contributed by atoms with Gasteiger partial charge in [-0.15, -0.1) is 12.4 Å². The molecule has 2 amide bonds. The zero-order chi connectivity index (χ0) is 16.8. The van der Waals surface area contributed by atoms with Gasteiger partial charge in [0.1, 0.15) is 0 Å². The van der Waals surface area contributed by atoms with Crippen LogP contribution in [0, 0.1) is 5.92 Å². The Hall–Kier alpha value is -1.59. The molecule has 2 atom stereocenters. The largest absolute Gasteiger partial charge is 0.338 e. The van der Waals surface area contributed by atoms with Crippen LogP contribution in [-0.4, -0.2) is 29.3 Å². The molecule has 1 fully saturated rings. The van der Waals surface area contributed by atoms with Crippen LogP contribution in [0.5, 0.6) is 0 Å². The minimum atomic E-state index is -0.507. The summed E-state index contributed by atoms with van der Waals surface area (Å²) in [6.45, 7) is 5.41. The average Bonchev–Trinajstić information content (AvgIpc) is 2.56. The fraction of sp³-hybridized carbons (Fsp3) is 0.556. The Labute approximate surface area is 150 Å². The van der Waals surface area contributed by atoms with Gasteiger partial charge in [0.05, 0.1) is 6.04 Å². The van der Waals surface area contributed by atoms with Crippen LogP contribution in [0.3, 0.4) is 0 Å². The average molecular weight is 354 g/mol. The fourth-order valence-electron chi connectivity index (χ4n) is 2.73. The third-order valence-electron chi connectivity index (χ3n) is 4.55. The smallest absolute Gasteiger partial charge is 0.241 e. The Balaban J connectivity index is 0.00000288. The summed E-state index contributed by atoms with van der Waals surface area (Å²) in [6.07, 6.45) is 3.55. The molecule has 0 saturated carbocycles. The molecular weight excluding hydrogens is 326 g/mol. The summed E-state index contributed by atoms with van der Waals surface area (Å²) in [5, 5.41) is 2.88. The first kappa shape index (κ1) is 20.5. The molecule has 0 spiro atoms. The molecule has 134 valence electrons. The van der Waals surface area contributed by atoms with Gasteiger partial charge in [-0.3, -0.25) is 9.59 Å². The second kappa shape index (κ2) is 9.64. The van der Waals surface area contributed by atoms with Gasteiger partial charge in [-0.1, -0.05) is 32.4 Å². The second-order valence-corrected chi connectivity index (χ2v) is 6.37. The number of piperidine rings is 1. The van der Waals surface area contributed by atoms with Gasteiger partial charge >= 0.3 is 0 Å². The molecule has 2 rings (SSSR count). The van der Waals surface area contributed by atoms with Crippen molar-refractivity contribution in [2.75, 3.05) is 11.9 Å². The molecule has 1 aliphatic heterocycles. The number of hydrogen-bond acceptors (Lipinski definition) is 3. The van der Waals surface area contributed by atoms with Crippen molar-refractivity contribution in [2.24, 2.45) is 11.7 Å². The number of anilines is 1. The predicted molar refractivity (Wildman–Crippen MR) is 99.0 cm³/mol. The molecule has 3 N–H and O–H groups in total. The number of amides is 2. The lowest BCUT2D eigenvalue weighted by atomic mass is 9.99. The van der Waals surface area contributed by atoms with E-state index in [2.05, 4.69) is 5.32 Å². The van der Waals surface area contributed by atoms with Crippen molar-refractivity contribution in [3.8, 4) is 0 Å². The van der Waals surface area contributed by atoms with Crippen molar-refractivity contribution in [3.63, 3.8) is 0 Å². The standard InChI is InChI=1S/C18H27N3O2.ClH/c1-3-13(2)17(19)18(23)20-15-8-6-7-14(11-15)12-21-10-5-4-9-16(21)22;/h6-8,11,13,17H,3-5,9-10,12,19H2,1-2H3,(H,20,23);1H. The van der Waals surface area contributed by atoms with Crippen molar-refractivity contribution in [1.82, 2.24) is 4.90 Å². The van der Waals surface area contributed by atoms with Crippen LogP contribution in [0.4, 0.5) is 5.69 Å². The Bertz CT molecular complexity index is 565. The molecule has 0 radical (unpaired) electrons. The van der Waals surface area contributed by atoms with Crippen LogP contribution in [0.2, 0.25) is 0 Å². The molecule has 6 heteroatoms. The van der Waals surface area contributed by atoms with Crippen LogP contribution >= 0.6 is 12.4 Å². The molecule has 1 aromatic carbocycles. The van der Waals surface area contributed by atoms with E-state index in [1.165, 1.54) is 0 Å². The number of carbonyl (C=O) groups excluding carboxylic acids is 2. The van der Waals surface area contributed by atoms with Crippen molar-refractivity contribution in [2.45, 2.75) is 52.1 Å². The van der Waals surface area contributed by atoms with Crippen LogP contribution in [-0.2, 0) is 16.1 Å². The molecule has 1 heterocycles. The summed E-state index contributed by atoms with van der Waals surface area (Å²) in [4.78, 5) is 25.9. The van der Waals surface area contributed by atoms with Crippen LogP contribution in [0.1, 0.15) is 45.1 Å². The number of nitrogens with zero attached hydrogens (tertiary/aromatic N) is 1. The Kier molecular flexibility index (Phi) is 8.22. The minimum absolute atomic E-state index is 0. The van der Waals surface area contributed by atoms with E-state index in [1.807, 2.05) is 43.0 Å². The second-order valence-electron chi connectivity index (χ2n) is 6.37. The molecule has 24 heavy (non-hydrogen) atoms. The van der Waals surface area contributed by atoms with Crippen molar-refractivity contribution in [1.29, 1.82) is 0 Å². The summed E-state index contributed by atoms with van der Waals surface area (Å²) >= 11 is 0. The van der Waals surface area contributed by atoms with Gasteiger partial charge in [0.2, 0.25) is 11.8 Å². The van der Waals surface area contributed by atoms with Crippen LogP contribution in [0.25, 0.3) is 0 Å². The van der Waals surface area contributed by atoms with Gasteiger partial charge in [0.15, 0.2) is 0 Å². The van der Waals surface area contributed by atoms with Gasteiger partial charge in [0, 0.05) is 25.2 Å². The first-order valence-electron chi connectivity index (χ1n) is 8.44. The molecular formula is C18H28ClN3O2. The highest BCUT2D eigenvalue weighted by atomic mass is 35.5. The maximum atomic E-state index is 12.2. The van der Waals surface area contributed by atoms with Crippen molar-refractivity contribution < 1.29 is 9.59 Å². The summed E-state index contributed by atoms with van der Waals surface area (Å²) in [7, 11) is 0. The molecule has 0 aromatic heterocycles. The number of rotatable bonds is 6. The van der Waals surface area contributed by atoms with Gasteiger partial charge < -0.3 is 16.0 Å². The highest BCUT2D eigenvalue weighted by Gasteiger charge is 2.20. The Morgan fingerprint density at radius 1 is 1.38 bits per heavy atom. The quantitative estimate of drug-likeness (QED) is 0.825. The van der Waals surface area contributed by atoms with Crippen LogP contribution in [0.15, 0.2) is 24.3 Å². The van der Waals surface area contributed by atoms with E-state index in [9.17, 15) is 9.59 Å². The number of hydrogen-bond donors (Lipinski definition) is 2. The lowest BCUT2D eigenvalue weighted by Crippen LogP contribution is -2.40. The lowest BCUT2D eigenvalue weighted by Gasteiger charge is -2.27. The van der Waals surface area contributed by atoms with Crippen LogP contribution < -0.4 is 11.1 Å². The molecule has 1 aromatic rings. The van der Waals surface area contributed by atoms with E-state index in [-0.39, 0.29) is 30.1 Å². The predicted octanol–water partition coefficient (Wildman–Crippen LogP) is 2.93. The van der Waals surface area contributed by atoms with Gasteiger partial charge in [0.25, 0.3) is 0 Å². The molecule has 2 unspecified atom stereocenters. The number of likely N-dealkylation sites (tertiary alicyclic amines) is 1. The minimum Gasteiger partial charge on any atom is -0.338 e. The molecule has 0 aliphatic carbocycles. The summed E-state index contributed by atoms with van der Waals surface area (Å²) in [5.41, 5.74) is 7.72. The molecule has 1 saturated heterocycles. The normalized spacial score (nSPS) is 17.0. The maximum Gasteiger partial charge on any atom is 0.241 e. The highest BCUT2D eigenvalue weighted by Crippen LogP contribution is 2.17. The third kappa shape index (κ3) is 5.49. The number of nitrogens with two attached hydrogens (primary N) is 1. The first-order valence-corrected chi connectivity index (χ1v) is 8.44. The van der Waals surface area contributed by atoms with Gasteiger partial charge in [-0.05, 0) is 36.5 Å². The number of benzene rings is 1. The van der Waals surface area contributed by atoms with Gasteiger partial charge in [-0.2, -0.15) is 0 Å². The number of nitrogens with one attached hydrogen (secondary N) is 1. The number of halogens is 1. The van der Waals surface area contributed by atoms with E-state index in [1.54, 1.807) is 0 Å². The topological polar surface area (TPSA) is 75.4 Å². The molecule has 5 nitrogen and oxygen atoms in total. The maximum absolute atomic E-state index is 12.2. The SMILES string of the molecule is CCC(C)C(N)C(=O)Nc1cccc(CN2CCCCC2=O)c1.Cl. The van der Waals surface area contributed by atoms with E-state index in [0.717, 1.165) is 37.1 Å². The lowest BCUT2D eigenvalue weighted by molar-refractivity contribution is -0.133. The van der Waals surface area contributed by atoms with Gasteiger partial charge in [-0.25, -0.2) is 0 Å².